The first-order valence-electron chi connectivity index (χ1n) is 15.4. The Morgan fingerprint density at radius 3 is 2.51 bits per heavy atom. The Morgan fingerprint density at radius 1 is 1.04 bits per heavy atom. The highest BCUT2D eigenvalue weighted by molar-refractivity contribution is 6.05. The molecule has 2 amide bonds. The van der Waals surface area contributed by atoms with E-state index in [1.54, 1.807) is 13.3 Å². The van der Waals surface area contributed by atoms with E-state index in [4.69, 9.17) is 9.72 Å². The molecule has 4 aromatic rings. The fraction of sp³-hybridized carbons (Fsp3) is 0.353. The molecule has 0 spiro atoms. The quantitative estimate of drug-likeness (QED) is 0.240. The van der Waals surface area contributed by atoms with Crippen molar-refractivity contribution >= 4 is 45.7 Å². The summed E-state index contributed by atoms with van der Waals surface area (Å²) in [7, 11) is 5.77. The summed E-state index contributed by atoms with van der Waals surface area (Å²) < 4.78 is 7.88. The summed E-state index contributed by atoms with van der Waals surface area (Å²) in [6.45, 7) is 7.59. The molecule has 0 radical (unpaired) electrons. The first-order valence-corrected chi connectivity index (χ1v) is 15.4. The summed E-state index contributed by atoms with van der Waals surface area (Å²) in [6.07, 6.45) is 6.79. The topological polar surface area (TPSA) is 117 Å². The van der Waals surface area contributed by atoms with E-state index in [9.17, 15) is 9.59 Å². The number of anilines is 4. The Hall–Kier alpha value is -4.90. The van der Waals surface area contributed by atoms with Crippen molar-refractivity contribution in [2.75, 3.05) is 55.9 Å². The smallest absolute Gasteiger partial charge is 0.255 e. The number of carbonyl (C=O) groups excluding carboxylic acids is 2. The maximum atomic E-state index is 13.3. The Kier molecular flexibility index (Phi) is 7.40. The van der Waals surface area contributed by atoms with Crippen molar-refractivity contribution in [3.8, 4) is 17.0 Å². The SMILES string of the molecule is C=CC(=O)Nc1cc(Nc2ncc(C(=O)NC3CC3)c(-c3cn(C)c4ccccc34)n2)c(OC)cc1N1CC2CN(C)CC2C1. The van der Waals surface area contributed by atoms with Gasteiger partial charge >= 0.3 is 0 Å². The largest absolute Gasteiger partial charge is 0.494 e. The van der Waals surface area contributed by atoms with Crippen LogP contribution in [0, 0.1) is 11.8 Å². The van der Waals surface area contributed by atoms with Gasteiger partial charge in [0.2, 0.25) is 11.9 Å². The van der Waals surface area contributed by atoms with Crippen LogP contribution in [0.2, 0.25) is 0 Å². The van der Waals surface area contributed by atoms with Gasteiger partial charge < -0.3 is 35.1 Å². The highest BCUT2D eigenvalue weighted by atomic mass is 16.5. The van der Waals surface area contributed by atoms with Gasteiger partial charge in [0.05, 0.1) is 35.4 Å². The molecule has 3 aliphatic rings. The molecule has 1 aliphatic carbocycles. The zero-order chi connectivity index (χ0) is 31.2. The van der Waals surface area contributed by atoms with Crippen LogP contribution in [0.1, 0.15) is 23.2 Å². The van der Waals surface area contributed by atoms with E-state index in [2.05, 4.69) is 44.4 Å². The number of ether oxygens (including phenoxy) is 1. The lowest BCUT2D eigenvalue weighted by Gasteiger charge is -2.26. The summed E-state index contributed by atoms with van der Waals surface area (Å²) in [5.41, 5.74) is 4.94. The number of hydrogen-bond donors (Lipinski definition) is 3. The molecule has 4 heterocycles. The van der Waals surface area contributed by atoms with E-state index in [0.29, 0.717) is 46.2 Å². The number of benzene rings is 2. The fourth-order valence-corrected chi connectivity index (χ4v) is 6.76. The first-order chi connectivity index (χ1) is 21.8. The standard InChI is InChI=1S/C34H38N8O3/c1-5-31(43)37-26-12-27(30(45-4)13-29(26)42-17-20-15-40(2)16-21(20)18-42)38-34-35-14-24(33(44)36-22-10-11-22)32(39-34)25-19-41(3)28-9-7-6-8-23(25)28/h5-9,12-14,19-22H,1,10-11,15-18H2,2-4H3,(H,36,44)(H,37,43)(H,35,38,39). The molecule has 3 fully saturated rings. The number of hydrogen-bond acceptors (Lipinski definition) is 8. The zero-order valence-electron chi connectivity index (χ0n) is 25.8. The van der Waals surface area contributed by atoms with Crippen molar-refractivity contribution in [1.82, 2.24) is 24.8 Å². The van der Waals surface area contributed by atoms with Crippen molar-refractivity contribution in [3.63, 3.8) is 0 Å². The van der Waals surface area contributed by atoms with E-state index in [-0.39, 0.29) is 17.9 Å². The molecule has 7 rings (SSSR count). The first kappa shape index (κ1) is 28.8. The highest BCUT2D eigenvalue weighted by Gasteiger charge is 2.39. The van der Waals surface area contributed by atoms with Crippen LogP contribution in [0.15, 0.2) is 61.4 Å². The number of amides is 2. The zero-order valence-corrected chi connectivity index (χ0v) is 25.8. The van der Waals surface area contributed by atoms with Gasteiger partial charge in [0.1, 0.15) is 5.75 Å². The number of nitrogens with zero attached hydrogens (tertiary/aromatic N) is 5. The average molecular weight is 607 g/mol. The van der Waals surface area contributed by atoms with E-state index in [1.165, 1.54) is 6.08 Å². The third kappa shape index (κ3) is 5.59. The highest BCUT2D eigenvalue weighted by Crippen LogP contribution is 2.42. The second-order valence-electron chi connectivity index (χ2n) is 12.4. The molecular weight excluding hydrogens is 568 g/mol. The van der Waals surface area contributed by atoms with E-state index < -0.39 is 0 Å². The van der Waals surface area contributed by atoms with E-state index in [1.807, 2.05) is 54.2 Å². The summed E-state index contributed by atoms with van der Waals surface area (Å²) in [5.74, 6) is 1.56. The third-order valence-corrected chi connectivity index (χ3v) is 9.12. The minimum atomic E-state index is -0.299. The molecule has 2 aromatic heterocycles. The second kappa shape index (κ2) is 11.6. The van der Waals surface area contributed by atoms with Crippen LogP contribution in [0.4, 0.5) is 23.0 Å². The summed E-state index contributed by atoms with van der Waals surface area (Å²) in [5, 5.41) is 10.4. The number of nitrogens with one attached hydrogen (secondary N) is 3. The Bertz CT molecular complexity index is 1800. The van der Waals surface area contributed by atoms with Gasteiger partial charge in [0.15, 0.2) is 0 Å². The maximum absolute atomic E-state index is 13.3. The number of carbonyl (C=O) groups is 2. The molecule has 2 atom stereocenters. The number of aromatic nitrogens is 3. The Balaban J connectivity index is 1.27. The number of methoxy groups -OCH3 is 1. The van der Waals surface area contributed by atoms with Crippen LogP contribution in [0.5, 0.6) is 5.75 Å². The number of para-hydroxylation sites is 1. The average Bonchev–Trinajstić information content (AvgIpc) is 3.53. The van der Waals surface area contributed by atoms with Crippen LogP contribution in [-0.2, 0) is 11.8 Å². The van der Waals surface area contributed by atoms with Crippen molar-refractivity contribution < 1.29 is 14.3 Å². The molecule has 2 saturated heterocycles. The number of aryl methyl sites for hydroxylation is 1. The van der Waals surface area contributed by atoms with Crippen LogP contribution >= 0.6 is 0 Å². The van der Waals surface area contributed by atoms with Crippen molar-refractivity contribution in [3.05, 3.63) is 67.0 Å². The van der Waals surface area contributed by atoms with Gasteiger partial charge in [-0.3, -0.25) is 9.59 Å². The van der Waals surface area contributed by atoms with Gasteiger partial charge in [-0.05, 0) is 49.9 Å². The van der Waals surface area contributed by atoms with Crippen LogP contribution < -0.4 is 25.6 Å². The predicted molar refractivity (Wildman–Crippen MR) is 176 cm³/mol. The summed E-state index contributed by atoms with van der Waals surface area (Å²) in [4.78, 5) is 40.1. The number of fused-ring (bicyclic) bond motifs is 2. The molecular formula is C34H38N8O3. The normalized spacial score (nSPS) is 19.4. The molecule has 2 aromatic carbocycles. The minimum absolute atomic E-state index is 0.190. The van der Waals surface area contributed by atoms with E-state index in [0.717, 1.165) is 61.2 Å². The third-order valence-electron chi connectivity index (χ3n) is 9.12. The monoisotopic (exact) mass is 606 g/mol. The van der Waals surface area contributed by atoms with Crippen molar-refractivity contribution in [1.29, 1.82) is 0 Å². The molecule has 45 heavy (non-hydrogen) atoms. The molecule has 11 heteroatoms. The number of likely N-dealkylation sites (tertiary alicyclic amines) is 1. The molecule has 2 unspecified atom stereocenters. The molecule has 2 aliphatic heterocycles. The van der Waals surface area contributed by atoms with Gasteiger partial charge in [0, 0.05) is 74.2 Å². The van der Waals surface area contributed by atoms with Gasteiger partial charge in [-0.2, -0.15) is 0 Å². The van der Waals surface area contributed by atoms with E-state index >= 15 is 0 Å². The maximum Gasteiger partial charge on any atom is 0.255 e. The molecule has 3 N–H and O–H groups in total. The minimum Gasteiger partial charge on any atom is -0.494 e. The summed E-state index contributed by atoms with van der Waals surface area (Å²) >= 11 is 0. The predicted octanol–water partition coefficient (Wildman–Crippen LogP) is 4.40. The van der Waals surface area contributed by atoms with Gasteiger partial charge in [-0.15, -0.1) is 0 Å². The Labute approximate surface area is 262 Å². The van der Waals surface area contributed by atoms with Gasteiger partial charge in [0.25, 0.3) is 5.91 Å². The van der Waals surface area contributed by atoms with Crippen LogP contribution in [0.25, 0.3) is 22.2 Å². The molecule has 0 bridgehead atoms. The second-order valence-corrected chi connectivity index (χ2v) is 12.4. The lowest BCUT2D eigenvalue weighted by molar-refractivity contribution is -0.111. The molecule has 232 valence electrons. The van der Waals surface area contributed by atoms with Crippen molar-refractivity contribution in [2.24, 2.45) is 18.9 Å². The summed E-state index contributed by atoms with van der Waals surface area (Å²) in [6, 6.07) is 12.0. The lowest BCUT2D eigenvalue weighted by atomic mass is 10.0. The van der Waals surface area contributed by atoms with Crippen LogP contribution in [-0.4, -0.2) is 77.6 Å². The molecule has 11 nitrogen and oxygen atoms in total. The fourth-order valence-electron chi connectivity index (χ4n) is 6.76. The number of rotatable bonds is 9. The van der Waals surface area contributed by atoms with Crippen molar-refractivity contribution in [2.45, 2.75) is 18.9 Å². The van der Waals surface area contributed by atoms with Gasteiger partial charge in [-0.25, -0.2) is 9.97 Å². The Morgan fingerprint density at radius 2 is 1.80 bits per heavy atom. The van der Waals surface area contributed by atoms with Crippen LogP contribution in [0.3, 0.4) is 0 Å². The molecule has 1 saturated carbocycles. The lowest BCUT2D eigenvalue weighted by Crippen LogP contribution is -2.27. The van der Waals surface area contributed by atoms with Gasteiger partial charge in [-0.1, -0.05) is 24.8 Å².